The fraction of sp³-hybridized carbons (Fsp3) is 0.0800. The Morgan fingerprint density at radius 1 is 0.909 bits per heavy atom. The van der Waals surface area contributed by atoms with E-state index in [0.717, 1.165) is 11.1 Å². The van der Waals surface area contributed by atoms with Gasteiger partial charge in [0.15, 0.2) is 5.78 Å². The molecule has 0 aliphatic heterocycles. The summed E-state index contributed by atoms with van der Waals surface area (Å²) in [6.45, 7) is -0.119. The first kappa shape index (κ1) is 20.3. The lowest BCUT2D eigenvalue weighted by Crippen LogP contribution is -2.26. The normalized spacial score (nSPS) is 11.0. The maximum Gasteiger partial charge on any atom is 0.262 e. The van der Waals surface area contributed by atoms with Gasteiger partial charge in [-0.05, 0) is 48.0 Å². The van der Waals surface area contributed by atoms with Gasteiger partial charge in [-0.3, -0.25) is 28.3 Å². The van der Waals surface area contributed by atoms with E-state index in [1.54, 1.807) is 71.8 Å². The van der Waals surface area contributed by atoms with Crippen molar-refractivity contribution in [3.8, 4) is 0 Å². The molecular formula is C25H19N5O3. The van der Waals surface area contributed by atoms with E-state index in [1.165, 1.54) is 4.57 Å². The van der Waals surface area contributed by atoms with Crippen molar-refractivity contribution in [2.24, 2.45) is 0 Å². The number of nitrogens with zero attached hydrogens (tertiary/aromatic N) is 4. The van der Waals surface area contributed by atoms with E-state index in [-0.39, 0.29) is 30.2 Å². The summed E-state index contributed by atoms with van der Waals surface area (Å²) in [5.74, 6) is -0.392. The van der Waals surface area contributed by atoms with Gasteiger partial charge in [-0.15, -0.1) is 0 Å². The zero-order valence-electron chi connectivity index (χ0n) is 17.5. The van der Waals surface area contributed by atoms with Crippen LogP contribution in [0.25, 0.3) is 16.6 Å². The minimum absolute atomic E-state index is 0.119. The van der Waals surface area contributed by atoms with Crippen LogP contribution in [0.2, 0.25) is 0 Å². The van der Waals surface area contributed by atoms with E-state index in [4.69, 9.17) is 0 Å². The molecule has 0 fully saturated rings. The molecule has 5 aromatic rings. The average Bonchev–Trinajstić information content (AvgIpc) is 3.33. The summed E-state index contributed by atoms with van der Waals surface area (Å²) < 4.78 is 3.23. The van der Waals surface area contributed by atoms with Gasteiger partial charge in [0.25, 0.3) is 5.56 Å². The van der Waals surface area contributed by atoms with Crippen LogP contribution >= 0.6 is 0 Å². The van der Waals surface area contributed by atoms with Gasteiger partial charge in [0, 0.05) is 23.6 Å². The lowest BCUT2D eigenvalue weighted by atomic mass is 10.1. The van der Waals surface area contributed by atoms with E-state index in [9.17, 15) is 14.4 Å². The highest BCUT2D eigenvalue weighted by molar-refractivity contribution is 5.98. The van der Waals surface area contributed by atoms with Crippen LogP contribution in [0.3, 0.4) is 0 Å². The molecule has 3 aromatic heterocycles. The molecule has 1 amide bonds. The Balaban J connectivity index is 1.35. The monoisotopic (exact) mass is 437 g/mol. The number of fused-ring (bicyclic) bond motifs is 3. The topological polar surface area (TPSA) is 98.4 Å². The molecule has 0 atom stereocenters. The Bertz CT molecular complexity index is 1540. The van der Waals surface area contributed by atoms with Gasteiger partial charge in [0.2, 0.25) is 5.91 Å². The molecule has 0 saturated heterocycles. The van der Waals surface area contributed by atoms with Crippen molar-refractivity contribution in [3.05, 3.63) is 107 Å². The number of carbonyl (C=O) groups excluding carboxylic acids is 2. The Kier molecular flexibility index (Phi) is 5.24. The number of hydrogen-bond acceptors (Lipinski definition) is 5. The highest BCUT2D eigenvalue weighted by Crippen LogP contribution is 2.15. The van der Waals surface area contributed by atoms with Crippen molar-refractivity contribution in [2.45, 2.75) is 13.0 Å². The molecule has 0 saturated carbocycles. The third-order valence-electron chi connectivity index (χ3n) is 5.41. The second-order valence-electron chi connectivity index (χ2n) is 7.62. The van der Waals surface area contributed by atoms with Crippen molar-refractivity contribution >= 4 is 33.9 Å². The number of aromatic nitrogens is 4. The van der Waals surface area contributed by atoms with Gasteiger partial charge in [-0.25, -0.2) is 4.98 Å². The van der Waals surface area contributed by atoms with Crippen molar-refractivity contribution in [2.75, 3.05) is 5.32 Å². The predicted octanol–water partition coefficient (Wildman–Crippen LogP) is 3.11. The molecular weight excluding hydrogens is 418 g/mol. The first-order chi connectivity index (χ1) is 16.1. The van der Waals surface area contributed by atoms with E-state index in [1.807, 2.05) is 18.2 Å². The van der Waals surface area contributed by atoms with Gasteiger partial charge in [0.1, 0.15) is 12.0 Å². The molecule has 162 valence electrons. The van der Waals surface area contributed by atoms with Crippen molar-refractivity contribution in [1.82, 2.24) is 18.9 Å². The van der Waals surface area contributed by atoms with E-state index >= 15 is 0 Å². The number of para-hydroxylation sites is 1. The summed E-state index contributed by atoms with van der Waals surface area (Å²) in [6.07, 6.45) is 6.71. The summed E-state index contributed by atoms with van der Waals surface area (Å²) in [5, 5.41) is 3.33. The molecule has 2 aromatic carbocycles. The summed E-state index contributed by atoms with van der Waals surface area (Å²) in [6, 6.07) is 17.5. The molecule has 0 radical (unpaired) electrons. The SMILES string of the molecule is O=C(Cc1cccnc1)Nc1ccc(C(=O)Cn2c(=O)c3ccccc3n3cncc23)cc1. The second-order valence-corrected chi connectivity index (χ2v) is 7.62. The Hall–Kier alpha value is -4.59. The molecule has 33 heavy (non-hydrogen) atoms. The number of nitrogens with one attached hydrogen (secondary N) is 1. The van der Waals surface area contributed by atoms with Crippen LogP contribution in [0.5, 0.6) is 0 Å². The molecule has 0 unspecified atom stereocenters. The zero-order valence-corrected chi connectivity index (χ0v) is 17.5. The van der Waals surface area contributed by atoms with Gasteiger partial charge in [0.05, 0.1) is 30.1 Å². The highest BCUT2D eigenvalue weighted by Gasteiger charge is 2.15. The fourth-order valence-corrected chi connectivity index (χ4v) is 3.81. The van der Waals surface area contributed by atoms with Crippen LogP contribution in [0, 0.1) is 0 Å². The van der Waals surface area contributed by atoms with Gasteiger partial charge in [-0.2, -0.15) is 0 Å². The van der Waals surface area contributed by atoms with Gasteiger partial charge < -0.3 is 5.32 Å². The molecule has 5 rings (SSSR count). The Morgan fingerprint density at radius 3 is 2.52 bits per heavy atom. The number of amides is 1. The number of benzene rings is 2. The van der Waals surface area contributed by atoms with Crippen LogP contribution in [0.15, 0.2) is 90.4 Å². The number of ketones is 1. The van der Waals surface area contributed by atoms with Crippen LogP contribution in [0.1, 0.15) is 15.9 Å². The van der Waals surface area contributed by atoms with E-state index < -0.39 is 0 Å². The summed E-state index contributed by atoms with van der Waals surface area (Å²) in [7, 11) is 0. The second kappa shape index (κ2) is 8.51. The van der Waals surface area contributed by atoms with Crippen LogP contribution in [0.4, 0.5) is 5.69 Å². The summed E-state index contributed by atoms with van der Waals surface area (Å²) in [5.41, 5.74) is 2.89. The van der Waals surface area contributed by atoms with E-state index in [2.05, 4.69) is 15.3 Å². The minimum Gasteiger partial charge on any atom is -0.326 e. The molecule has 0 aliphatic rings. The number of rotatable bonds is 6. The zero-order chi connectivity index (χ0) is 22.8. The summed E-state index contributed by atoms with van der Waals surface area (Å²) >= 11 is 0. The van der Waals surface area contributed by atoms with Crippen LogP contribution in [-0.4, -0.2) is 30.6 Å². The van der Waals surface area contributed by atoms with Crippen molar-refractivity contribution in [3.63, 3.8) is 0 Å². The van der Waals surface area contributed by atoms with Crippen LogP contribution < -0.4 is 10.9 Å². The van der Waals surface area contributed by atoms with Gasteiger partial charge in [-0.1, -0.05) is 18.2 Å². The number of hydrogen-bond donors (Lipinski definition) is 1. The quantitative estimate of drug-likeness (QED) is 0.412. The maximum absolute atomic E-state index is 13.1. The summed E-state index contributed by atoms with van der Waals surface area (Å²) in [4.78, 5) is 46.4. The molecule has 0 bridgehead atoms. The first-order valence-electron chi connectivity index (χ1n) is 10.4. The standard InChI is InChI=1S/C25H19N5O3/c31-22(15-29-24-14-27-16-30(24)21-6-2-1-5-20(21)25(29)33)18-7-9-19(10-8-18)28-23(32)12-17-4-3-11-26-13-17/h1-11,13-14,16H,12,15H2,(H,28,32). The first-order valence-corrected chi connectivity index (χ1v) is 10.4. The smallest absolute Gasteiger partial charge is 0.262 e. The molecule has 1 N–H and O–H groups in total. The lowest BCUT2D eigenvalue weighted by molar-refractivity contribution is -0.115. The third-order valence-corrected chi connectivity index (χ3v) is 5.41. The third kappa shape index (κ3) is 4.01. The fourth-order valence-electron chi connectivity index (χ4n) is 3.81. The Morgan fingerprint density at radius 2 is 1.73 bits per heavy atom. The molecule has 3 heterocycles. The maximum atomic E-state index is 13.1. The average molecular weight is 437 g/mol. The number of pyridine rings is 1. The van der Waals surface area contributed by atoms with Crippen molar-refractivity contribution < 1.29 is 9.59 Å². The number of Topliss-reactive ketones (excluding diaryl/α,β-unsaturated/α-hetero) is 1. The minimum atomic E-state index is -0.244. The molecule has 8 heteroatoms. The number of imidazole rings is 1. The van der Waals surface area contributed by atoms with Crippen LogP contribution in [-0.2, 0) is 17.8 Å². The molecule has 0 spiro atoms. The number of anilines is 1. The van der Waals surface area contributed by atoms with E-state index in [0.29, 0.717) is 22.3 Å². The largest absolute Gasteiger partial charge is 0.326 e. The lowest BCUT2D eigenvalue weighted by Gasteiger charge is -2.11. The van der Waals surface area contributed by atoms with Gasteiger partial charge >= 0.3 is 0 Å². The van der Waals surface area contributed by atoms with Crippen molar-refractivity contribution in [1.29, 1.82) is 0 Å². The molecule has 0 aliphatic carbocycles. The molecule has 8 nitrogen and oxygen atoms in total. The highest BCUT2D eigenvalue weighted by atomic mass is 16.2. The predicted molar refractivity (Wildman–Crippen MR) is 124 cm³/mol. The Labute approximate surface area is 188 Å². The number of carbonyl (C=O) groups is 2.